The Morgan fingerprint density at radius 1 is 0.906 bits per heavy atom. The third-order valence-corrected chi connectivity index (χ3v) is 4.95. The summed E-state index contributed by atoms with van der Waals surface area (Å²) < 4.78 is 44.5. The van der Waals surface area contributed by atoms with Crippen LogP contribution >= 0.6 is 0 Å². The highest BCUT2D eigenvalue weighted by Crippen LogP contribution is 2.49. The van der Waals surface area contributed by atoms with Crippen LogP contribution in [-0.4, -0.2) is 25.9 Å². The SMILES string of the molecule is COc1cc(-c2ccc(F)cc2)c(OC)c(O)c1-c1ccc(OCCC=C(C)C)c(F)c1. The molecule has 0 fully saturated rings. The molecule has 0 amide bonds. The molecule has 0 saturated heterocycles. The second-order valence-corrected chi connectivity index (χ2v) is 7.45. The average Bonchev–Trinajstić information content (AvgIpc) is 2.77. The van der Waals surface area contributed by atoms with Gasteiger partial charge in [0, 0.05) is 5.56 Å². The largest absolute Gasteiger partial charge is 0.504 e. The average molecular weight is 440 g/mol. The molecule has 4 nitrogen and oxygen atoms in total. The Bertz CT molecular complexity index is 1120. The van der Waals surface area contributed by atoms with E-state index in [1.165, 1.54) is 44.1 Å². The van der Waals surface area contributed by atoms with Crippen molar-refractivity contribution >= 4 is 0 Å². The summed E-state index contributed by atoms with van der Waals surface area (Å²) in [5.41, 5.74) is 3.01. The molecule has 3 aromatic carbocycles. The predicted molar refractivity (Wildman–Crippen MR) is 122 cm³/mol. The Balaban J connectivity index is 2.01. The molecule has 0 spiro atoms. The van der Waals surface area contributed by atoms with Crippen molar-refractivity contribution in [2.24, 2.45) is 0 Å². The lowest BCUT2D eigenvalue weighted by molar-refractivity contribution is 0.308. The number of ether oxygens (including phenoxy) is 3. The highest BCUT2D eigenvalue weighted by atomic mass is 19.1. The highest BCUT2D eigenvalue weighted by Gasteiger charge is 2.22. The molecule has 0 saturated carbocycles. The zero-order valence-electron chi connectivity index (χ0n) is 18.5. The molecule has 0 heterocycles. The molecule has 0 atom stereocenters. The van der Waals surface area contributed by atoms with Crippen molar-refractivity contribution in [1.82, 2.24) is 0 Å². The van der Waals surface area contributed by atoms with Gasteiger partial charge in [0.1, 0.15) is 11.6 Å². The summed E-state index contributed by atoms with van der Waals surface area (Å²) in [5.74, 6) is -0.511. The quantitative estimate of drug-likeness (QED) is 0.311. The summed E-state index contributed by atoms with van der Waals surface area (Å²) in [5, 5.41) is 11.0. The number of hydrogen-bond acceptors (Lipinski definition) is 4. The maximum atomic E-state index is 14.7. The molecule has 1 N–H and O–H groups in total. The molecule has 0 aromatic heterocycles. The van der Waals surface area contributed by atoms with Crippen molar-refractivity contribution in [1.29, 1.82) is 0 Å². The van der Waals surface area contributed by atoms with Crippen LogP contribution in [0.2, 0.25) is 0 Å². The number of hydrogen-bond donors (Lipinski definition) is 1. The fraction of sp³-hybridized carbons (Fsp3) is 0.231. The van der Waals surface area contributed by atoms with E-state index in [0.29, 0.717) is 35.5 Å². The molecule has 6 heteroatoms. The summed E-state index contributed by atoms with van der Waals surface area (Å²) in [6.45, 7) is 4.34. The fourth-order valence-electron chi connectivity index (χ4n) is 3.41. The number of benzene rings is 3. The Morgan fingerprint density at radius 3 is 2.19 bits per heavy atom. The first kappa shape index (κ1) is 23.1. The maximum Gasteiger partial charge on any atom is 0.170 e. The first-order valence-electron chi connectivity index (χ1n) is 10.2. The van der Waals surface area contributed by atoms with E-state index in [-0.39, 0.29) is 28.6 Å². The molecule has 0 aliphatic rings. The Hall–Kier alpha value is -3.54. The second kappa shape index (κ2) is 10.2. The summed E-state index contributed by atoms with van der Waals surface area (Å²) >= 11 is 0. The lowest BCUT2D eigenvalue weighted by Crippen LogP contribution is -1.99. The van der Waals surface area contributed by atoms with Crippen molar-refractivity contribution in [3.63, 3.8) is 0 Å². The van der Waals surface area contributed by atoms with Crippen LogP contribution in [0.1, 0.15) is 20.3 Å². The van der Waals surface area contributed by atoms with Gasteiger partial charge in [0.25, 0.3) is 0 Å². The molecular formula is C26H26F2O4. The molecular weight excluding hydrogens is 414 g/mol. The van der Waals surface area contributed by atoms with Gasteiger partial charge < -0.3 is 19.3 Å². The summed E-state index contributed by atoms with van der Waals surface area (Å²) in [4.78, 5) is 0. The van der Waals surface area contributed by atoms with Crippen molar-refractivity contribution in [2.45, 2.75) is 20.3 Å². The monoisotopic (exact) mass is 440 g/mol. The van der Waals surface area contributed by atoms with E-state index in [1.54, 1.807) is 24.3 Å². The summed E-state index contributed by atoms with van der Waals surface area (Å²) in [6.07, 6.45) is 2.70. The number of halogens is 2. The van der Waals surface area contributed by atoms with Crippen molar-refractivity contribution in [3.05, 3.63) is 71.8 Å². The van der Waals surface area contributed by atoms with Gasteiger partial charge in [0.15, 0.2) is 23.1 Å². The van der Waals surface area contributed by atoms with Gasteiger partial charge in [0.2, 0.25) is 0 Å². The van der Waals surface area contributed by atoms with E-state index in [9.17, 15) is 13.9 Å². The second-order valence-electron chi connectivity index (χ2n) is 7.45. The smallest absolute Gasteiger partial charge is 0.170 e. The summed E-state index contributed by atoms with van der Waals surface area (Å²) in [7, 11) is 2.87. The zero-order chi connectivity index (χ0) is 23.3. The van der Waals surface area contributed by atoms with Gasteiger partial charge in [-0.2, -0.15) is 0 Å². The molecule has 3 rings (SSSR count). The number of methoxy groups -OCH3 is 2. The Kier molecular flexibility index (Phi) is 7.36. The molecule has 0 bridgehead atoms. The minimum absolute atomic E-state index is 0.129. The van der Waals surface area contributed by atoms with E-state index < -0.39 is 5.82 Å². The third-order valence-electron chi connectivity index (χ3n) is 4.95. The van der Waals surface area contributed by atoms with E-state index in [1.807, 2.05) is 19.9 Å². The number of aromatic hydroxyl groups is 1. The van der Waals surface area contributed by atoms with E-state index in [4.69, 9.17) is 14.2 Å². The standard InChI is InChI=1S/C26H26F2O4/c1-16(2)6-5-13-32-22-12-9-18(14-21(22)28)24-23(30-3)15-20(26(31-4)25(24)29)17-7-10-19(27)11-8-17/h6-12,14-15,29H,5,13H2,1-4H3. The predicted octanol–water partition coefficient (Wildman–Crippen LogP) is 6.76. The van der Waals surface area contributed by atoms with Crippen LogP contribution in [0.25, 0.3) is 22.3 Å². The first-order chi connectivity index (χ1) is 15.3. The van der Waals surface area contributed by atoms with Crippen LogP contribution < -0.4 is 14.2 Å². The molecule has 0 aliphatic heterocycles. The number of phenolic OH excluding ortho intramolecular Hbond substituents is 1. The van der Waals surface area contributed by atoms with Crippen molar-refractivity contribution in [2.75, 3.05) is 20.8 Å². The topological polar surface area (TPSA) is 47.9 Å². The van der Waals surface area contributed by atoms with Gasteiger partial charge in [-0.25, -0.2) is 8.78 Å². The lowest BCUT2D eigenvalue weighted by Gasteiger charge is -2.18. The van der Waals surface area contributed by atoms with Crippen molar-refractivity contribution < 1.29 is 28.1 Å². The number of phenols is 1. The van der Waals surface area contributed by atoms with Crippen LogP contribution in [0.15, 0.2) is 60.2 Å². The molecule has 168 valence electrons. The molecule has 0 radical (unpaired) electrons. The molecule has 32 heavy (non-hydrogen) atoms. The maximum absolute atomic E-state index is 14.7. The highest BCUT2D eigenvalue weighted by molar-refractivity contribution is 5.87. The number of rotatable bonds is 8. The van der Waals surface area contributed by atoms with Crippen LogP contribution in [0.3, 0.4) is 0 Å². The normalized spacial score (nSPS) is 10.6. The lowest BCUT2D eigenvalue weighted by atomic mass is 9.96. The van der Waals surface area contributed by atoms with E-state index in [0.717, 1.165) is 0 Å². The van der Waals surface area contributed by atoms with Crippen LogP contribution in [0, 0.1) is 11.6 Å². The minimum Gasteiger partial charge on any atom is -0.504 e. The van der Waals surface area contributed by atoms with Crippen molar-refractivity contribution in [3.8, 4) is 45.3 Å². The first-order valence-corrected chi connectivity index (χ1v) is 10.2. The Morgan fingerprint density at radius 2 is 1.59 bits per heavy atom. The summed E-state index contributed by atoms with van der Waals surface area (Å²) in [6, 6.07) is 11.9. The van der Waals surface area contributed by atoms with Gasteiger partial charge in [-0.05, 0) is 61.7 Å². The Labute approximate surface area is 186 Å². The van der Waals surface area contributed by atoms with Gasteiger partial charge in [-0.1, -0.05) is 29.8 Å². The van der Waals surface area contributed by atoms with Crippen LogP contribution in [-0.2, 0) is 0 Å². The minimum atomic E-state index is -0.553. The zero-order valence-corrected chi connectivity index (χ0v) is 18.5. The molecule has 0 aliphatic carbocycles. The molecule has 3 aromatic rings. The van der Waals surface area contributed by atoms with Gasteiger partial charge >= 0.3 is 0 Å². The number of allylic oxidation sites excluding steroid dienone is 1. The van der Waals surface area contributed by atoms with Gasteiger partial charge in [-0.3, -0.25) is 0 Å². The third kappa shape index (κ3) is 5.02. The van der Waals surface area contributed by atoms with E-state index in [2.05, 4.69) is 0 Å². The van der Waals surface area contributed by atoms with Crippen LogP contribution in [0.4, 0.5) is 8.78 Å². The fourth-order valence-corrected chi connectivity index (χ4v) is 3.41. The van der Waals surface area contributed by atoms with Gasteiger partial charge in [0.05, 0.1) is 26.4 Å². The van der Waals surface area contributed by atoms with Crippen LogP contribution in [0.5, 0.6) is 23.0 Å². The molecule has 0 unspecified atom stereocenters. The van der Waals surface area contributed by atoms with Gasteiger partial charge in [-0.15, -0.1) is 0 Å². The van der Waals surface area contributed by atoms with E-state index >= 15 is 0 Å².